The van der Waals surface area contributed by atoms with Gasteiger partial charge < -0.3 is 111 Å². The number of hydrogen-bond donors (Lipinski definition) is 18. The van der Waals surface area contributed by atoms with Gasteiger partial charge in [0.15, 0.2) is 24.2 Å². The monoisotopic (exact) mass is 1480 g/mol. The highest BCUT2D eigenvalue weighted by Crippen LogP contribution is 2.26. The van der Waals surface area contributed by atoms with Crippen LogP contribution in [-0.4, -0.2) is 223 Å². The van der Waals surface area contributed by atoms with Gasteiger partial charge in [0.25, 0.3) is 0 Å². The molecule has 2 fully saturated rings. The lowest BCUT2D eigenvalue weighted by atomic mass is 9.95. The molecule has 2 aliphatic rings. The summed E-state index contributed by atoms with van der Waals surface area (Å²) in [5.74, 6) is -17.7. The van der Waals surface area contributed by atoms with Crippen LogP contribution in [0.4, 0.5) is 16.2 Å². The van der Waals surface area contributed by atoms with E-state index in [-0.39, 0.29) is 74.1 Å². The van der Waals surface area contributed by atoms with E-state index < -0.39 is 193 Å². The molecule has 105 heavy (non-hydrogen) atoms. The molecule has 0 aliphatic carbocycles. The second-order valence-electron chi connectivity index (χ2n) is 27.7. The van der Waals surface area contributed by atoms with Crippen molar-refractivity contribution in [1.29, 1.82) is 0 Å². The van der Waals surface area contributed by atoms with Crippen LogP contribution in [0.15, 0.2) is 59.6 Å². The highest BCUT2D eigenvalue weighted by Gasteiger charge is 2.44. The quantitative estimate of drug-likeness (QED) is 0.0189. The molecule has 0 saturated carbocycles. The Morgan fingerprint density at radius 1 is 0.648 bits per heavy atom. The van der Waals surface area contributed by atoms with E-state index in [1.807, 2.05) is 24.1 Å². The summed E-state index contributed by atoms with van der Waals surface area (Å²) in [7, 11) is 0. The molecule has 2 saturated heterocycles. The average Bonchev–Trinajstić information content (AvgIpc) is 0.811. The van der Waals surface area contributed by atoms with Crippen LogP contribution in [0.5, 0.6) is 0 Å². The van der Waals surface area contributed by atoms with Gasteiger partial charge in [-0.3, -0.25) is 63.0 Å². The Kier molecular flexibility index (Phi) is 35.8. The van der Waals surface area contributed by atoms with Gasteiger partial charge >= 0.3 is 12.1 Å². The van der Waals surface area contributed by atoms with Crippen molar-refractivity contribution in [2.24, 2.45) is 57.5 Å². The van der Waals surface area contributed by atoms with Crippen LogP contribution in [-0.2, 0) is 71.7 Å². The SMILES string of the molecule is CC[C@H](C)[C@@H]1NC(=O)[C@@H](CCCN=C(N)N)NC(=O)[C@H](CC(C)C)NC(=O)[C@H]([C@H](O)C(C)C)NC(=O)[C@@H](NC(=O)[C@H](CC(C)C)NC(=O)[C@H](N)CC(C)C)[C@@H](c2ccccc2)OC(=O)[C@H](COC(=O)Nc2ccc(N3CCOCC3)cc2)NC(=O)[C@H]([C@H](O)C(N)=O)NC(=O)CNC(=O)[C@H]([C@H](C)O)NC1=O. The van der Waals surface area contributed by atoms with E-state index in [4.69, 9.17) is 37.1 Å². The van der Waals surface area contributed by atoms with Crippen LogP contribution in [0.3, 0.4) is 0 Å². The summed E-state index contributed by atoms with van der Waals surface area (Å²) in [6.07, 6.45) is -9.68. The number of nitrogens with zero attached hydrogens (tertiary/aromatic N) is 2. The van der Waals surface area contributed by atoms with Crippen LogP contribution in [0.1, 0.15) is 126 Å². The van der Waals surface area contributed by atoms with Crippen molar-refractivity contribution in [3.05, 3.63) is 60.2 Å². The number of amides is 12. The number of primary amides is 1. The zero-order chi connectivity index (χ0) is 78.5. The molecule has 2 aliphatic heterocycles. The fourth-order valence-electron chi connectivity index (χ4n) is 11.1. The van der Waals surface area contributed by atoms with Crippen molar-refractivity contribution in [3.8, 4) is 0 Å². The molecule has 0 spiro atoms. The predicted molar refractivity (Wildman–Crippen MR) is 384 cm³/mol. The molecule has 2 aromatic carbocycles. The molecule has 0 aromatic heterocycles. The molecule has 4 rings (SSSR count). The summed E-state index contributed by atoms with van der Waals surface area (Å²) in [6, 6.07) is -4.81. The van der Waals surface area contributed by atoms with E-state index in [2.05, 4.69) is 58.2 Å². The molecule has 2 aromatic rings. The standard InChI is InChI=1S/C69H109N17O19/c1-12-38(10)49-63(97)83-50(39(11)87)62(96)75-32-48(88)81-52(55(90)57(71)91)65(99)80-47(33-104-69(102)76-41-20-22-42(23-21-41)86-25-27-103-28-26-86)67(101)105-56(40-17-14-13-15-18-40)53(85-61(95)46(31-36(6)7)78-58(92)43(70)29-34(2)3)66(100)84-51(54(89)37(8)9)64(98)79-45(30-35(4)5)60(94)77-44(59(93)82-49)19-16-24-74-68(72)73/h13-15,17-18,20-23,34-39,43-47,49-56,87,89-90H,12,16,19,24-33,70H2,1-11H3,(H2,71,91)(H,75,96)(H,76,102)(H,77,94)(H,78,92)(H,79,98)(H,80,99)(H,81,88)(H,82,93)(H,83,97)(H,84,100)(H,85,95)(H4,72,73,74)/t38-,39-,43+,44+,45-,46-,47-,49-,50-,51-,52-,53-,54+,55-,56+/m0/s1. The first kappa shape index (κ1) is 87.6. The Labute approximate surface area is 610 Å². The molecule has 2 heterocycles. The third kappa shape index (κ3) is 28.7. The Balaban J connectivity index is 2.05. The molecule has 584 valence electrons. The lowest BCUT2D eigenvalue weighted by Gasteiger charge is -2.34. The van der Waals surface area contributed by atoms with Crippen molar-refractivity contribution in [3.63, 3.8) is 0 Å². The summed E-state index contributed by atoms with van der Waals surface area (Å²) in [6.45, 7) is 17.5. The summed E-state index contributed by atoms with van der Waals surface area (Å²) >= 11 is 0. The van der Waals surface area contributed by atoms with Crippen LogP contribution >= 0.6 is 0 Å². The topological polar surface area (TPSA) is 562 Å². The molecular formula is C69H109N17O19. The molecule has 12 amide bonds. The second-order valence-corrected chi connectivity index (χ2v) is 27.7. The number of carbonyl (C=O) groups excluding carboxylic acids is 13. The largest absolute Gasteiger partial charge is 0.453 e. The van der Waals surface area contributed by atoms with E-state index >= 15 is 19.2 Å². The van der Waals surface area contributed by atoms with Crippen molar-refractivity contribution in [1.82, 2.24) is 53.2 Å². The van der Waals surface area contributed by atoms with E-state index in [1.165, 1.54) is 56.3 Å². The number of aliphatic hydroxyl groups excluding tert-OH is 3. The van der Waals surface area contributed by atoms with Gasteiger partial charge in [-0.05, 0) is 98.4 Å². The second kappa shape index (κ2) is 42.9. The number of aliphatic hydroxyl groups is 3. The van der Waals surface area contributed by atoms with Gasteiger partial charge in [0.1, 0.15) is 54.9 Å². The highest BCUT2D eigenvalue weighted by molar-refractivity contribution is 6.00. The van der Waals surface area contributed by atoms with E-state index in [9.17, 15) is 58.5 Å². The number of carbonyl (C=O) groups is 13. The van der Waals surface area contributed by atoms with Gasteiger partial charge in [-0.1, -0.05) is 106 Å². The van der Waals surface area contributed by atoms with Gasteiger partial charge in [0.2, 0.25) is 65.0 Å². The minimum absolute atomic E-state index is 0.0297. The summed E-state index contributed by atoms with van der Waals surface area (Å²) in [5.41, 5.74) is 23.8. The first-order chi connectivity index (χ1) is 49.4. The van der Waals surface area contributed by atoms with Gasteiger partial charge in [-0.25, -0.2) is 9.59 Å². The first-order valence-corrected chi connectivity index (χ1v) is 35.2. The molecule has 36 heteroatoms. The maximum Gasteiger partial charge on any atom is 0.411 e. The highest BCUT2D eigenvalue weighted by atomic mass is 16.6. The number of rotatable bonds is 26. The zero-order valence-electron chi connectivity index (χ0n) is 61.4. The van der Waals surface area contributed by atoms with E-state index in [1.54, 1.807) is 53.7 Å². The number of anilines is 2. The third-order valence-electron chi connectivity index (χ3n) is 17.1. The number of nitrogens with two attached hydrogens (primary N) is 4. The molecule has 0 bridgehead atoms. The third-order valence-corrected chi connectivity index (χ3v) is 17.1. The number of aliphatic imine (C=N–C) groups is 1. The molecule has 22 N–H and O–H groups in total. The smallest absolute Gasteiger partial charge is 0.411 e. The number of nitrogens with one attached hydrogen (secondary N) is 11. The maximum atomic E-state index is 15.7. The van der Waals surface area contributed by atoms with Crippen LogP contribution in [0, 0.1) is 29.6 Å². The Bertz CT molecular complexity index is 3300. The minimum atomic E-state index is -2.65. The number of morpholine rings is 1. The summed E-state index contributed by atoms with van der Waals surface area (Å²) in [5, 5.41) is 61.0. The number of esters is 1. The summed E-state index contributed by atoms with van der Waals surface area (Å²) in [4.78, 5) is 194. The van der Waals surface area contributed by atoms with Crippen molar-refractivity contribution >= 4 is 94.4 Å². The number of hydrogen-bond acceptors (Lipinski definition) is 22. The van der Waals surface area contributed by atoms with E-state index in [0.717, 1.165) is 12.6 Å². The van der Waals surface area contributed by atoms with Gasteiger partial charge in [0, 0.05) is 31.0 Å². The Morgan fingerprint density at radius 2 is 1.22 bits per heavy atom. The van der Waals surface area contributed by atoms with Crippen molar-refractivity contribution in [2.75, 3.05) is 56.2 Å². The zero-order valence-corrected chi connectivity index (χ0v) is 61.4. The predicted octanol–water partition coefficient (Wildman–Crippen LogP) is -3.34. The average molecular weight is 1480 g/mol. The molecule has 0 radical (unpaired) electrons. The summed E-state index contributed by atoms with van der Waals surface area (Å²) < 4.78 is 17.2. The number of ether oxygens (including phenoxy) is 3. The van der Waals surface area contributed by atoms with Crippen LogP contribution in [0.2, 0.25) is 0 Å². The van der Waals surface area contributed by atoms with Crippen molar-refractivity contribution < 1.29 is 91.9 Å². The lowest BCUT2D eigenvalue weighted by molar-refractivity contribution is -0.159. The fraction of sp³-hybridized carbons (Fsp3) is 0.623. The first-order valence-electron chi connectivity index (χ1n) is 35.2. The molecule has 0 unspecified atom stereocenters. The van der Waals surface area contributed by atoms with Crippen LogP contribution < -0.4 is 86.3 Å². The molecule has 15 atom stereocenters. The minimum Gasteiger partial charge on any atom is -0.453 e. The van der Waals surface area contributed by atoms with Crippen LogP contribution in [0.25, 0.3) is 0 Å². The Morgan fingerprint density at radius 3 is 1.79 bits per heavy atom. The maximum absolute atomic E-state index is 15.7. The molecule has 36 nitrogen and oxygen atoms in total. The van der Waals surface area contributed by atoms with Gasteiger partial charge in [0.05, 0.1) is 38.0 Å². The van der Waals surface area contributed by atoms with Gasteiger partial charge in [-0.2, -0.15) is 0 Å². The Hall–Kier alpha value is -9.78. The molecular weight excluding hydrogens is 1370 g/mol. The number of benzene rings is 2. The van der Waals surface area contributed by atoms with E-state index in [0.29, 0.717) is 26.3 Å². The fourth-order valence-corrected chi connectivity index (χ4v) is 11.1. The normalized spacial score (nSPS) is 23.6. The van der Waals surface area contributed by atoms with Gasteiger partial charge in [-0.15, -0.1) is 0 Å². The number of cyclic esters (lactones) is 1. The lowest BCUT2D eigenvalue weighted by Crippen LogP contribution is -2.64. The number of guanidine groups is 1. The van der Waals surface area contributed by atoms with Crippen molar-refractivity contribution in [2.45, 2.75) is 200 Å².